The lowest BCUT2D eigenvalue weighted by molar-refractivity contribution is -0.121. The lowest BCUT2D eigenvalue weighted by atomic mass is 10.0. The molecule has 0 saturated heterocycles. The smallest absolute Gasteiger partial charge is 0.220 e. The summed E-state index contributed by atoms with van der Waals surface area (Å²) in [4.78, 5) is 15.9. The lowest BCUT2D eigenvalue weighted by Gasteiger charge is -2.10. The van der Waals surface area contributed by atoms with Gasteiger partial charge in [0.15, 0.2) is 0 Å². The van der Waals surface area contributed by atoms with Gasteiger partial charge in [-0.15, -0.1) is 0 Å². The molecule has 0 saturated carbocycles. The third kappa shape index (κ3) is 4.00. The van der Waals surface area contributed by atoms with Crippen LogP contribution in [0.25, 0.3) is 0 Å². The molecule has 23 heavy (non-hydrogen) atoms. The number of anilines is 1. The zero-order chi connectivity index (χ0) is 16.1. The highest BCUT2D eigenvalue weighted by atomic mass is 16.5. The summed E-state index contributed by atoms with van der Waals surface area (Å²) >= 11 is 0. The van der Waals surface area contributed by atoms with Crippen molar-refractivity contribution in [2.24, 2.45) is 0 Å². The van der Waals surface area contributed by atoms with E-state index in [2.05, 4.69) is 21.7 Å². The SMILES string of the molecule is CNc1cccc(CCOc2ccc3c(c2)CNC(=O)CC3)n1. The molecule has 1 aliphatic heterocycles. The summed E-state index contributed by atoms with van der Waals surface area (Å²) in [6.07, 6.45) is 2.10. The largest absolute Gasteiger partial charge is 0.493 e. The highest BCUT2D eigenvalue weighted by Gasteiger charge is 2.12. The number of hydrogen-bond acceptors (Lipinski definition) is 4. The molecular formula is C18H21N3O2. The Morgan fingerprint density at radius 3 is 3.00 bits per heavy atom. The number of pyridine rings is 1. The standard InChI is InChI=1S/C18H21N3O2/c1-19-17-4-2-3-15(21-17)9-10-23-16-7-5-13-6-8-18(22)20-12-14(13)11-16/h2-5,7,11H,6,8-10,12H2,1H3,(H,19,21)(H,20,22). The summed E-state index contributed by atoms with van der Waals surface area (Å²) in [5.41, 5.74) is 3.36. The van der Waals surface area contributed by atoms with Gasteiger partial charge in [0, 0.05) is 32.1 Å². The first kappa shape index (κ1) is 15.3. The topological polar surface area (TPSA) is 63.2 Å². The van der Waals surface area contributed by atoms with Crippen molar-refractivity contribution in [2.45, 2.75) is 25.8 Å². The molecule has 0 unspecified atom stereocenters. The molecule has 120 valence electrons. The van der Waals surface area contributed by atoms with Crippen LogP contribution in [0.15, 0.2) is 36.4 Å². The van der Waals surface area contributed by atoms with Crippen molar-refractivity contribution in [3.63, 3.8) is 0 Å². The molecule has 1 amide bonds. The molecule has 1 aromatic heterocycles. The zero-order valence-electron chi connectivity index (χ0n) is 13.3. The van der Waals surface area contributed by atoms with E-state index in [1.165, 1.54) is 5.56 Å². The van der Waals surface area contributed by atoms with Crippen molar-refractivity contribution in [2.75, 3.05) is 19.0 Å². The highest BCUT2D eigenvalue weighted by molar-refractivity contribution is 5.77. The predicted molar refractivity (Wildman–Crippen MR) is 89.6 cm³/mol. The minimum atomic E-state index is 0.110. The molecule has 3 rings (SSSR count). The maximum absolute atomic E-state index is 11.5. The number of ether oxygens (including phenoxy) is 1. The Balaban J connectivity index is 1.59. The normalized spacial score (nSPS) is 13.7. The van der Waals surface area contributed by atoms with Crippen LogP contribution in [0.1, 0.15) is 23.2 Å². The van der Waals surface area contributed by atoms with Crippen molar-refractivity contribution in [3.05, 3.63) is 53.2 Å². The van der Waals surface area contributed by atoms with Crippen molar-refractivity contribution in [1.29, 1.82) is 0 Å². The lowest BCUT2D eigenvalue weighted by Crippen LogP contribution is -2.20. The Labute approximate surface area is 136 Å². The number of rotatable bonds is 5. The van der Waals surface area contributed by atoms with Crippen LogP contribution in [-0.2, 0) is 24.2 Å². The van der Waals surface area contributed by atoms with Gasteiger partial charge in [0.1, 0.15) is 11.6 Å². The zero-order valence-corrected chi connectivity index (χ0v) is 13.3. The Bertz CT molecular complexity index is 700. The quantitative estimate of drug-likeness (QED) is 0.889. The first-order valence-corrected chi connectivity index (χ1v) is 7.89. The second kappa shape index (κ2) is 7.13. The molecule has 2 N–H and O–H groups in total. The van der Waals surface area contributed by atoms with E-state index in [4.69, 9.17) is 4.74 Å². The van der Waals surface area contributed by atoms with Crippen LogP contribution >= 0.6 is 0 Å². The van der Waals surface area contributed by atoms with Gasteiger partial charge >= 0.3 is 0 Å². The Kier molecular flexibility index (Phi) is 4.76. The fourth-order valence-electron chi connectivity index (χ4n) is 2.66. The van der Waals surface area contributed by atoms with Gasteiger partial charge in [0.25, 0.3) is 0 Å². The first-order chi connectivity index (χ1) is 11.2. The van der Waals surface area contributed by atoms with E-state index in [0.29, 0.717) is 19.6 Å². The first-order valence-electron chi connectivity index (χ1n) is 7.89. The predicted octanol–water partition coefficient (Wildman–Crippen LogP) is 2.31. The number of carbonyl (C=O) groups excluding carboxylic acids is 1. The summed E-state index contributed by atoms with van der Waals surface area (Å²) in [6.45, 7) is 1.16. The summed E-state index contributed by atoms with van der Waals surface area (Å²) in [6, 6.07) is 12.0. The van der Waals surface area contributed by atoms with E-state index in [1.54, 1.807) is 0 Å². The molecule has 2 heterocycles. The van der Waals surface area contributed by atoms with E-state index in [-0.39, 0.29) is 5.91 Å². The number of benzene rings is 1. The van der Waals surface area contributed by atoms with Crippen LogP contribution in [-0.4, -0.2) is 24.5 Å². The number of fused-ring (bicyclic) bond motifs is 1. The summed E-state index contributed by atoms with van der Waals surface area (Å²) in [7, 11) is 1.86. The van der Waals surface area contributed by atoms with E-state index in [9.17, 15) is 4.79 Å². The monoisotopic (exact) mass is 311 g/mol. The molecule has 0 fully saturated rings. The third-order valence-electron chi connectivity index (χ3n) is 3.96. The van der Waals surface area contributed by atoms with Crippen LogP contribution in [0.3, 0.4) is 0 Å². The van der Waals surface area contributed by atoms with Crippen LogP contribution in [0, 0.1) is 0 Å². The fraction of sp³-hybridized carbons (Fsp3) is 0.333. The van der Waals surface area contributed by atoms with E-state index < -0.39 is 0 Å². The van der Waals surface area contributed by atoms with Gasteiger partial charge in [-0.2, -0.15) is 0 Å². The number of hydrogen-bond donors (Lipinski definition) is 2. The average molecular weight is 311 g/mol. The number of aryl methyl sites for hydroxylation is 1. The minimum absolute atomic E-state index is 0.110. The molecule has 0 aliphatic carbocycles. The molecule has 0 bridgehead atoms. The van der Waals surface area contributed by atoms with E-state index in [0.717, 1.165) is 35.7 Å². The molecule has 2 aromatic rings. The van der Waals surface area contributed by atoms with Crippen molar-refractivity contribution < 1.29 is 9.53 Å². The second-order valence-electron chi connectivity index (χ2n) is 5.57. The molecule has 1 aliphatic rings. The van der Waals surface area contributed by atoms with Crippen LogP contribution in [0.2, 0.25) is 0 Å². The summed E-state index contributed by atoms with van der Waals surface area (Å²) in [5, 5.41) is 5.94. The molecule has 1 aromatic carbocycles. The molecule has 0 atom stereocenters. The van der Waals surface area contributed by atoms with Gasteiger partial charge in [-0.05, 0) is 41.8 Å². The third-order valence-corrected chi connectivity index (χ3v) is 3.96. The van der Waals surface area contributed by atoms with Gasteiger partial charge in [-0.25, -0.2) is 4.98 Å². The van der Waals surface area contributed by atoms with Gasteiger partial charge in [-0.3, -0.25) is 4.79 Å². The Morgan fingerprint density at radius 2 is 2.13 bits per heavy atom. The summed E-state index contributed by atoms with van der Waals surface area (Å²) < 4.78 is 5.84. The fourth-order valence-corrected chi connectivity index (χ4v) is 2.66. The molecule has 0 spiro atoms. The van der Waals surface area contributed by atoms with Gasteiger partial charge < -0.3 is 15.4 Å². The summed E-state index contributed by atoms with van der Waals surface area (Å²) in [5.74, 6) is 1.81. The van der Waals surface area contributed by atoms with E-state index in [1.807, 2.05) is 37.4 Å². The number of nitrogens with one attached hydrogen (secondary N) is 2. The molecular weight excluding hydrogens is 290 g/mol. The maximum Gasteiger partial charge on any atom is 0.220 e. The number of aromatic nitrogens is 1. The minimum Gasteiger partial charge on any atom is -0.493 e. The number of nitrogens with zero attached hydrogens (tertiary/aromatic N) is 1. The Hall–Kier alpha value is -2.56. The number of amides is 1. The molecule has 5 nitrogen and oxygen atoms in total. The average Bonchev–Trinajstić information content (AvgIpc) is 2.77. The molecule has 0 radical (unpaired) electrons. The Morgan fingerprint density at radius 1 is 1.22 bits per heavy atom. The maximum atomic E-state index is 11.5. The van der Waals surface area contributed by atoms with Gasteiger partial charge in [0.05, 0.1) is 6.61 Å². The second-order valence-corrected chi connectivity index (χ2v) is 5.57. The van der Waals surface area contributed by atoms with E-state index >= 15 is 0 Å². The van der Waals surface area contributed by atoms with Crippen molar-refractivity contribution in [1.82, 2.24) is 10.3 Å². The van der Waals surface area contributed by atoms with Crippen LogP contribution in [0.5, 0.6) is 5.75 Å². The van der Waals surface area contributed by atoms with Gasteiger partial charge in [-0.1, -0.05) is 12.1 Å². The van der Waals surface area contributed by atoms with Gasteiger partial charge in [0.2, 0.25) is 5.91 Å². The van der Waals surface area contributed by atoms with Crippen LogP contribution in [0.4, 0.5) is 5.82 Å². The van der Waals surface area contributed by atoms with Crippen molar-refractivity contribution in [3.8, 4) is 5.75 Å². The molecule has 5 heteroatoms. The van der Waals surface area contributed by atoms with Crippen LogP contribution < -0.4 is 15.4 Å². The van der Waals surface area contributed by atoms with Crippen molar-refractivity contribution >= 4 is 11.7 Å². The number of carbonyl (C=O) groups is 1. The highest BCUT2D eigenvalue weighted by Crippen LogP contribution is 2.21.